The molecule has 1 aliphatic rings. The molecule has 2 heterocycles. The van der Waals surface area contributed by atoms with E-state index in [1.165, 1.54) is 18.6 Å². The third-order valence-corrected chi connectivity index (χ3v) is 4.26. The maximum Gasteiger partial charge on any atom is 0.224 e. The fraction of sp³-hybridized carbons (Fsp3) is 0.600. The van der Waals surface area contributed by atoms with Crippen LogP contribution in [0.2, 0.25) is 0 Å². The van der Waals surface area contributed by atoms with Crippen molar-refractivity contribution in [2.45, 2.75) is 18.9 Å². The lowest BCUT2D eigenvalue weighted by Gasteiger charge is -2.23. The molecule has 1 aromatic rings. The molecule has 0 saturated carbocycles. The fourth-order valence-corrected chi connectivity index (χ4v) is 3.01. The summed E-state index contributed by atoms with van der Waals surface area (Å²) < 4.78 is 0.919. The highest BCUT2D eigenvalue weighted by Crippen LogP contribution is 2.25. The predicted octanol–water partition coefficient (Wildman–Crippen LogP) is 2.59. The quantitative estimate of drug-likeness (QED) is 0.899. The molecular formula is C10H15BrN4S. The van der Waals surface area contributed by atoms with E-state index < -0.39 is 0 Å². The van der Waals surface area contributed by atoms with Crippen molar-refractivity contribution < 1.29 is 0 Å². The summed E-state index contributed by atoms with van der Waals surface area (Å²) in [4.78, 5) is 8.53. The number of nitrogens with zero attached hydrogens (tertiary/aromatic N) is 2. The molecule has 1 unspecified atom stereocenters. The topological polar surface area (TPSA) is 49.8 Å². The lowest BCUT2D eigenvalue weighted by atomic mass is 10.2. The van der Waals surface area contributed by atoms with E-state index in [1.807, 2.05) is 18.8 Å². The second-order valence-corrected chi connectivity index (χ2v) is 5.70. The maximum absolute atomic E-state index is 4.40. The first-order chi connectivity index (χ1) is 7.79. The van der Waals surface area contributed by atoms with Crippen LogP contribution in [0.15, 0.2) is 10.7 Å². The van der Waals surface area contributed by atoms with Crippen molar-refractivity contribution in [1.82, 2.24) is 9.97 Å². The fourth-order valence-electron chi connectivity index (χ4n) is 1.64. The van der Waals surface area contributed by atoms with Crippen LogP contribution in [0.5, 0.6) is 0 Å². The summed E-state index contributed by atoms with van der Waals surface area (Å²) in [6.07, 6.45) is 4.28. The SMILES string of the molecule is CNc1ncc(Br)c(NC2CCCSC2)n1. The molecule has 1 aliphatic heterocycles. The minimum Gasteiger partial charge on any atom is -0.365 e. The molecule has 0 bridgehead atoms. The van der Waals surface area contributed by atoms with Gasteiger partial charge in [-0.2, -0.15) is 16.7 Å². The predicted molar refractivity (Wildman–Crippen MR) is 73.2 cm³/mol. The summed E-state index contributed by atoms with van der Waals surface area (Å²) in [5, 5.41) is 6.41. The molecule has 0 amide bonds. The first kappa shape index (κ1) is 12.0. The average molecular weight is 303 g/mol. The first-order valence-electron chi connectivity index (χ1n) is 5.34. The van der Waals surface area contributed by atoms with Crippen LogP contribution in [0.25, 0.3) is 0 Å². The van der Waals surface area contributed by atoms with Crippen molar-refractivity contribution in [2.75, 3.05) is 29.2 Å². The van der Waals surface area contributed by atoms with Crippen LogP contribution in [0, 0.1) is 0 Å². The Morgan fingerprint density at radius 2 is 2.44 bits per heavy atom. The van der Waals surface area contributed by atoms with Gasteiger partial charge in [-0.1, -0.05) is 0 Å². The van der Waals surface area contributed by atoms with Gasteiger partial charge in [0.1, 0.15) is 5.82 Å². The zero-order valence-corrected chi connectivity index (χ0v) is 11.6. The summed E-state index contributed by atoms with van der Waals surface area (Å²) in [6, 6.07) is 0.523. The normalized spacial score (nSPS) is 20.5. The van der Waals surface area contributed by atoms with E-state index in [1.54, 1.807) is 6.20 Å². The van der Waals surface area contributed by atoms with E-state index in [-0.39, 0.29) is 0 Å². The van der Waals surface area contributed by atoms with Crippen molar-refractivity contribution in [3.63, 3.8) is 0 Å². The van der Waals surface area contributed by atoms with Crippen molar-refractivity contribution in [3.8, 4) is 0 Å². The summed E-state index contributed by atoms with van der Waals surface area (Å²) in [5.41, 5.74) is 0. The number of anilines is 2. The lowest BCUT2D eigenvalue weighted by Crippen LogP contribution is -2.26. The van der Waals surface area contributed by atoms with Crippen LogP contribution < -0.4 is 10.6 Å². The highest BCUT2D eigenvalue weighted by Gasteiger charge is 2.15. The summed E-state index contributed by atoms with van der Waals surface area (Å²) in [5.74, 6) is 3.97. The van der Waals surface area contributed by atoms with Gasteiger partial charge in [0.25, 0.3) is 0 Å². The van der Waals surface area contributed by atoms with E-state index in [9.17, 15) is 0 Å². The van der Waals surface area contributed by atoms with Crippen molar-refractivity contribution in [2.24, 2.45) is 0 Å². The second kappa shape index (κ2) is 5.72. The smallest absolute Gasteiger partial charge is 0.224 e. The number of aromatic nitrogens is 2. The largest absolute Gasteiger partial charge is 0.365 e. The molecule has 88 valence electrons. The zero-order valence-electron chi connectivity index (χ0n) is 9.16. The highest BCUT2D eigenvalue weighted by molar-refractivity contribution is 9.10. The highest BCUT2D eigenvalue weighted by atomic mass is 79.9. The average Bonchev–Trinajstić information content (AvgIpc) is 2.33. The molecule has 0 aliphatic carbocycles. The molecule has 2 rings (SSSR count). The van der Waals surface area contributed by atoms with Crippen LogP contribution in [0.3, 0.4) is 0 Å². The lowest BCUT2D eigenvalue weighted by molar-refractivity contribution is 0.681. The molecule has 1 saturated heterocycles. The first-order valence-corrected chi connectivity index (χ1v) is 7.29. The van der Waals surface area contributed by atoms with Crippen molar-refractivity contribution >= 4 is 39.5 Å². The Labute approximate surface area is 108 Å². The van der Waals surface area contributed by atoms with E-state index in [4.69, 9.17) is 0 Å². The molecule has 4 nitrogen and oxygen atoms in total. The van der Waals surface area contributed by atoms with Crippen LogP contribution in [0.1, 0.15) is 12.8 Å². The molecule has 1 fully saturated rings. The van der Waals surface area contributed by atoms with Gasteiger partial charge in [-0.3, -0.25) is 0 Å². The Morgan fingerprint density at radius 1 is 1.56 bits per heavy atom. The van der Waals surface area contributed by atoms with Gasteiger partial charge < -0.3 is 10.6 Å². The van der Waals surface area contributed by atoms with Gasteiger partial charge in [-0.15, -0.1) is 0 Å². The van der Waals surface area contributed by atoms with E-state index >= 15 is 0 Å². The maximum atomic E-state index is 4.40. The second-order valence-electron chi connectivity index (χ2n) is 3.70. The number of thioether (sulfide) groups is 1. The van der Waals surface area contributed by atoms with Gasteiger partial charge in [0.2, 0.25) is 5.95 Å². The van der Waals surface area contributed by atoms with Gasteiger partial charge in [0.05, 0.1) is 4.47 Å². The van der Waals surface area contributed by atoms with E-state index in [0.29, 0.717) is 12.0 Å². The summed E-state index contributed by atoms with van der Waals surface area (Å²) >= 11 is 5.47. The van der Waals surface area contributed by atoms with Crippen LogP contribution in [0.4, 0.5) is 11.8 Å². The van der Waals surface area contributed by atoms with Gasteiger partial charge in [-0.05, 0) is 34.5 Å². The minimum absolute atomic E-state index is 0.523. The Hall–Kier alpha value is -0.490. The summed E-state index contributed by atoms with van der Waals surface area (Å²) in [6.45, 7) is 0. The third kappa shape index (κ3) is 3.01. The molecule has 2 N–H and O–H groups in total. The van der Waals surface area contributed by atoms with E-state index in [0.717, 1.165) is 16.0 Å². The zero-order chi connectivity index (χ0) is 11.4. The molecule has 6 heteroatoms. The molecular weight excluding hydrogens is 288 g/mol. The molecule has 0 radical (unpaired) electrons. The minimum atomic E-state index is 0.523. The van der Waals surface area contributed by atoms with Gasteiger partial charge >= 0.3 is 0 Å². The van der Waals surface area contributed by atoms with E-state index in [2.05, 4.69) is 36.5 Å². The molecule has 0 spiro atoms. The number of nitrogens with one attached hydrogen (secondary N) is 2. The van der Waals surface area contributed by atoms with Crippen LogP contribution >= 0.6 is 27.7 Å². The monoisotopic (exact) mass is 302 g/mol. The Bertz CT molecular complexity index is 355. The standard InChI is InChI=1S/C10H15BrN4S/c1-12-10-13-5-8(11)9(15-10)14-7-3-2-4-16-6-7/h5,7H,2-4,6H2,1H3,(H2,12,13,14,15). The van der Waals surface area contributed by atoms with Crippen LogP contribution in [-0.4, -0.2) is 34.6 Å². The van der Waals surface area contributed by atoms with Gasteiger partial charge in [0, 0.05) is 25.0 Å². The number of halogens is 1. The summed E-state index contributed by atoms with van der Waals surface area (Å²) in [7, 11) is 1.82. The molecule has 16 heavy (non-hydrogen) atoms. The van der Waals surface area contributed by atoms with Crippen LogP contribution in [-0.2, 0) is 0 Å². The number of rotatable bonds is 3. The Morgan fingerprint density at radius 3 is 3.12 bits per heavy atom. The van der Waals surface area contributed by atoms with Gasteiger partial charge in [0.15, 0.2) is 0 Å². The number of hydrogen-bond acceptors (Lipinski definition) is 5. The van der Waals surface area contributed by atoms with Gasteiger partial charge in [-0.25, -0.2) is 4.98 Å². The molecule has 1 aromatic heterocycles. The van der Waals surface area contributed by atoms with Crippen molar-refractivity contribution in [1.29, 1.82) is 0 Å². The Balaban J connectivity index is 2.06. The number of hydrogen-bond donors (Lipinski definition) is 2. The Kier molecular flexibility index (Phi) is 4.29. The molecule has 0 aromatic carbocycles. The third-order valence-electron chi connectivity index (χ3n) is 2.47. The molecule has 1 atom stereocenters. The van der Waals surface area contributed by atoms with Crippen molar-refractivity contribution in [3.05, 3.63) is 10.7 Å².